The molecule has 1 aromatic rings. The fourth-order valence-corrected chi connectivity index (χ4v) is 0.544. The lowest BCUT2D eigenvalue weighted by Crippen LogP contribution is -1.92. The third-order valence-electron chi connectivity index (χ3n) is 0.991. The van der Waals surface area contributed by atoms with Gasteiger partial charge in [0, 0.05) is 12.7 Å². The molecular formula is C6H6N3. The molecule has 1 rings (SSSR count). The lowest BCUT2D eigenvalue weighted by Gasteiger charge is -1.87. The van der Waals surface area contributed by atoms with Gasteiger partial charge in [-0.25, -0.2) is 0 Å². The molecule has 3 nitrogen and oxygen atoms in total. The molecule has 0 aliphatic rings. The topological polar surface area (TPSA) is 41.6 Å². The molecule has 0 atom stereocenters. The molecule has 0 unspecified atom stereocenters. The van der Waals surface area contributed by atoms with E-state index < -0.39 is 0 Å². The minimum absolute atomic E-state index is 0.571. The smallest absolute Gasteiger partial charge is 0.102 e. The highest BCUT2D eigenvalue weighted by Crippen LogP contribution is 1.92. The van der Waals surface area contributed by atoms with E-state index in [2.05, 4.69) is 12.0 Å². The monoisotopic (exact) mass is 120 g/mol. The molecule has 0 aliphatic heterocycles. The number of hydrogen-bond acceptors (Lipinski definition) is 2. The Labute approximate surface area is 53.5 Å². The summed E-state index contributed by atoms with van der Waals surface area (Å²) in [6, 6.07) is 1.97. The predicted octanol–water partition coefficient (Wildman–Crippen LogP) is 0.589. The molecule has 0 bridgehead atoms. The van der Waals surface area contributed by atoms with Crippen LogP contribution in [0.2, 0.25) is 0 Å². The first kappa shape index (κ1) is 5.83. The Kier molecular flexibility index (Phi) is 1.50. The minimum Gasteiger partial charge on any atom is -0.271 e. The Morgan fingerprint density at radius 2 is 2.67 bits per heavy atom. The van der Waals surface area contributed by atoms with E-state index in [-0.39, 0.29) is 0 Å². The average molecular weight is 120 g/mol. The summed E-state index contributed by atoms with van der Waals surface area (Å²) < 4.78 is 1.61. The summed E-state index contributed by atoms with van der Waals surface area (Å²) >= 11 is 0. The summed E-state index contributed by atoms with van der Waals surface area (Å²) in [4.78, 5) is 0. The molecule has 0 N–H and O–H groups in total. The van der Waals surface area contributed by atoms with Crippen molar-refractivity contribution in [1.82, 2.24) is 9.78 Å². The van der Waals surface area contributed by atoms with Gasteiger partial charge in [0.25, 0.3) is 0 Å². The van der Waals surface area contributed by atoms with Gasteiger partial charge in [0.1, 0.15) is 6.07 Å². The van der Waals surface area contributed by atoms with Crippen LogP contribution < -0.4 is 0 Å². The van der Waals surface area contributed by atoms with Crippen molar-refractivity contribution in [2.75, 3.05) is 0 Å². The molecule has 0 fully saturated rings. The predicted molar refractivity (Wildman–Crippen MR) is 32.3 cm³/mol. The maximum absolute atomic E-state index is 8.32. The molecule has 0 amide bonds. The van der Waals surface area contributed by atoms with E-state index in [4.69, 9.17) is 5.26 Å². The lowest BCUT2D eigenvalue weighted by atomic mass is 10.4. The summed E-state index contributed by atoms with van der Waals surface area (Å²) in [6.45, 7) is 4.17. The van der Waals surface area contributed by atoms with Crippen molar-refractivity contribution in [1.29, 1.82) is 5.26 Å². The second-order valence-corrected chi connectivity index (χ2v) is 1.60. The molecule has 1 aromatic heterocycles. The van der Waals surface area contributed by atoms with Gasteiger partial charge < -0.3 is 0 Å². The van der Waals surface area contributed by atoms with Gasteiger partial charge in [0.05, 0.1) is 11.8 Å². The Balaban J connectivity index is 2.90. The van der Waals surface area contributed by atoms with Gasteiger partial charge in [-0.05, 0) is 6.92 Å². The molecule has 45 valence electrons. The maximum Gasteiger partial charge on any atom is 0.102 e. The molecule has 0 saturated carbocycles. The van der Waals surface area contributed by atoms with Crippen LogP contribution in [0.4, 0.5) is 0 Å². The van der Waals surface area contributed by atoms with Crippen molar-refractivity contribution >= 4 is 0 Å². The van der Waals surface area contributed by atoms with Gasteiger partial charge in [-0.1, -0.05) is 0 Å². The first-order valence-corrected chi connectivity index (χ1v) is 2.58. The van der Waals surface area contributed by atoms with Crippen LogP contribution in [0.5, 0.6) is 0 Å². The highest BCUT2D eigenvalue weighted by atomic mass is 15.3. The lowest BCUT2D eigenvalue weighted by molar-refractivity contribution is 0.699. The molecule has 0 aliphatic carbocycles. The second-order valence-electron chi connectivity index (χ2n) is 1.60. The van der Waals surface area contributed by atoms with Crippen LogP contribution in [-0.4, -0.2) is 9.78 Å². The van der Waals surface area contributed by atoms with Gasteiger partial charge >= 0.3 is 0 Å². The average Bonchev–Trinajstić information content (AvgIpc) is 2.34. The van der Waals surface area contributed by atoms with Crippen LogP contribution in [-0.2, 0) is 6.54 Å². The minimum atomic E-state index is 0.571. The third-order valence-corrected chi connectivity index (χ3v) is 0.991. The first-order valence-electron chi connectivity index (χ1n) is 2.58. The van der Waals surface area contributed by atoms with E-state index in [0.29, 0.717) is 12.1 Å². The van der Waals surface area contributed by atoms with Crippen LogP contribution in [0, 0.1) is 18.3 Å². The molecule has 9 heavy (non-hydrogen) atoms. The molecular weight excluding hydrogens is 114 g/mol. The summed E-state index contributed by atoms with van der Waals surface area (Å²) in [5.41, 5.74) is 0.582. The van der Waals surface area contributed by atoms with Crippen LogP contribution in [0.25, 0.3) is 0 Å². The van der Waals surface area contributed by atoms with E-state index in [1.165, 1.54) is 6.20 Å². The zero-order valence-corrected chi connectivity index (χ0v) is 4.91. The highest BCUT2D eigenvalue weighted by Gasteiger charge is 1.91. The van der Waals surface area contributed by atoms with E-state index in [9.17, 15) is 0 Å². The van der Waals surface area contributed by atoms with Crippen molar-refractivity contribution in [2.24, 2.45) is 0 Å². The summed E-state index contributed by atoms with van der Waals surface area (Å²) in [7, 11) is 0. The van der Waals surface area contributed by atoms with Crippen molar-refractivity contribution in [3.05, 3.63) is 24.9 Å². The van der Waals surface area contributed by atoms with Gasteiger partial charge in [-0.2, -0.15) is 10.4 Å². The van der Waals surface area contributed by atoms with Crippen molar-refractivity contribution in [3.63, 3.8) is 0 Å². The standard InChI is InChI=1S/C6H6N3/c1-2-9-5-6(3-7)4-8-9/h4-5H,1-2H2. The molecule has 1 heterocycles. The van der Waals surface area contributed by atoms with Crippen LogP contribution in [0.1, 0.15) is 5.56 Å². The largest absolute Gasteiger partial charge is 0.271 e. The van der Waals surface area contributed by atoms with Crippen LogP contribution in [0.3, 0.4) is 0 Å². The van der Waals surface area contributed by atoms with Crippen molar-refractivity contribution in [3.8, 4) is 6.07 Å². The number of rotatable bonds is 1. The van der Waals surface area contributed by atoms with Gasteiger partial charge in [-0.3, -0.25) is 4.68 Å². The number of nitrogens with zero attached hydrogens (tertiary/aromatic N) is 3. The van der Waals surface area contributed by atoms with Gasteiger partial charge in [-0.15, -0.1) is 0 Å². The Morgan fingerprint density at radius 3 is 3.00 bits per heavy atom. The van der Waals surface area contributed by atoms with Crippen LogP contribution >= 0.6 is 0 Å². The van der Waals surface area contributed by atoms with E-state index in [0.717, 1.165) is 0 Å². The highest BCUT2D eigenvalue weighted by molar-refractivity contribution is 5.21. The molecule has 0 aromatic carbocycles. The van der Waals surface area contributed by atoms with Gasteiger partial charge in [0.15, 0.2) is 0 Å². The van der Waals surface area contributed by atoms with E-state index in [1.807, 2.05) is 6.07 Å². The fraction of sp³-hybridized carbons (Fsp3) is 0.167. The Hall–Kier alpha value is -1.30. The molecule has 1 radical (unpaired) electrons. The molecule has 3 heteroatoms. The molecule has 0 spiro atoms. The zero-order valence-electron chi connectivity index (χ0n) is 4.91. The quantitative estimate of drug-likeness (QED) is 0.544. The SMILES string of the molecule is [CH2]Cn1cc(C#N)cn1. The fourth-order valence-electron chi connectivity index (χ4n) is 0.544. The molecule has 0 saturated heterocycles. The van der Waals surface area contributed by atoms with Gasteiger partial charge in [0.2, 0.25) is 0 Å². The Morgan fingerprint density at radius 1 is 1.89 bits per heavy atom. The van der Waals surface area contributed by atoms with E-state index in [1.54, 1.807) is 10.9 Å². The number of aromatic nitrogens is 2. The summed E-state index contributed by atoms with van der Waals surface area (Å²) in [5, 5.41) is 12.2. The van der Waals surface area contributed by atoms with Crippen molar-refractivity contribution in [2.45, 2.75) is 6.54 Å². The Bertz CT molecular complexity index is 231. The van der Waals surface area contributed by atoms with Crippen LogP contribution in [0.15, 0.2) is 12.4 Å². The normalized spacial score (nSPS) is 8.89. The number of nitriles is 1. The van der Waals surface area contributed by atoms with Crippen molar-refractivity contribution < 1.29 is 0 Å². The first-order chi connectivity index (χ1) is 4.36. The second kappa shape index (κ2) is 2.31. The summed E-state index contributed by atoms with van der Waals surface area (Å²) in [5.74, 6) is 0. The third kappa shape index (κ3) is 1.08. The number of hydrogen-bond donors (Lipinski definition) is 0. The maximum atomic E-state index is 8.32. The van der Waals surface area contributed by atoms with E-state index >= 15 is 0 Å². The summed E-state index contributed by atoms with van der Waals surface area (Å²) in [6.07, 6.45) is 3.18. The zero-order chi connectivity index (χ0) is 6.69.